The number of nitrogens with zero attached hydrogens (tertiary/aromatic N) is 1. The smallest absolute Gasteiger partial charge is 0.306 e. The fourth-order valence-corrected chi connectivity index (χ4v) is 2.26. The first kappa shape index (κ1) is 11.9. The highest BCUT2D eigenvalue weighted by atomic mass is 16.5. The van der Waals surface area contributed by atoms with Gasteiger partial charge >= 0.3 is 5.97 Å². The van der Waals surface area contributed by atoms with Crippen molar-refractivity contribution >= 4 is 5.97 Å². The molecule has 2 aliphatic rings. The van der Waals surface area contributed by atoms with Crippen LogP contribution in [-0.4, -0.2) is 49.7 Å². The second kappa shape index (κ2) is 5.64. The normalized spacial score (nSPS) is 23.3. The zero-order chi connectivity index (χ0) is 11.4. The molecule has 0 spiro atoms. The molecule has 1 aliphatic carbocycles. The number of ether oxygens (including phenoxy) is 1. The SMILES string of the molecule is COC(=O)CCN1CCC(NC2CC2)CC1. The lowest BCUT2D eigenvalue weighted by molar-refractivity contribution is -0.141. The van der Waals surface area contributed by atoms with Crippen molar-refractivity contribution in [2.24, 2.45) is 0 Å². The molecule has 16 heavy (non-hydrogen) atoms. The van der Waals surface area contributed by atoms with Gasteiger partial charge in [-0.1, -0.05) is 0 Å². The molecule has 0 aromatic rings. The summed E-state index contributed by atoms with van der Waals surface area (Å²) in [6.45, 7) is 3.07. The third-order valence-electron chi connectivity index (χ3n) is 3.50. The fraction of sp³-hybridized carbons (Fsp3) is 0.917. The second-order valence-corrected chi connectivity index (χ2v) is 4.88. The Kier molecular flexibility index (Phi) is 4.18. The Morgan fingerprint density at radius 2 is 1.88 bits per heavy atom. The monoisotopic (exact) mass is 226 g/mol. The fourth-order valence-electron chi connectivity index (χ4n) is 2.26. The van der Waals surface area contributed by atoms with Gasteiger partial charge in [-0.3, -0.25) is 4.79 Å². The average molecular weight is 226 g/mol. The van der Waals surface area contributed by atoms with Crippen molar-refractivity contribution in [3.05, 3.63) is 0 Å². The third-order valence-corrected chi connectivity index (χ3v) is 3.50. The highest BCUT2D eigenvalue weighted by Crippen LogP contribution is 2.22. The minimum absolute atomic E-state index is 0.0989. The molecule has 4 heteroatoms. The molecule has 0 radical (unpaired) electrons. The van der Waals surface area contributed by atoms with Crippen molar-refractivity contribution in [2.75, 3.05) is 26.7 Å². The molecular weight excluding hydrogens is 204 g/mol. The number of methoxy groups -OCH3 is 1. The first-order chi connectivity index (χ1) is 7.78. The maximum absolute atomic E-state index is 11.0. The van der Waals surface area contributed by atoms with Gasteiger partial charge in [0.1, 0.15) is 0 Å². The number of nitrogens with one attached hydrogen (secondary N) is 1. The van der Waals surface area contributed by atoms with Crippen LogP contribution in [0.15, 0.2) is 0 Å². The molecule has 2 rings (SSSR count). The van der Waals surface area contributed by atoms with E-state index in [1.165, 1.54) is 32.8 Å². The lowest BCUT2D eigenvalue weighted by atomic mass is 10.0. The molecule has 1 saturated heterocycles. The number of piperidine rings is 1. The predicted molar refractivity (Wildman–Crippen MR) is 62.3 cm³/mol. The van der Waals surface area contributed by atoms with Gasteiger partial charge in [-0.05, 0) is 38.8 Å². The van der Waals surface area contributed by atoms with E-state index in [0.29, 0.717) is 12.5 Å². The summed E-state index contributed by atoms with van der Waals surface area (Å²) in [6, 6.07) is 1.52. The Labute approximate surface area is 97.3 Å². The Bertz CT molecular complexity index is 233. The number of hydrogen-bond donors (Lipinski definition) is 1. The van der Waals surface area contributed by atoms with Crippen molar-refractivity contribution in [2.45, 2.75) is 44.2 Å². The van der Waals surface area contributed by atoms with Gasteiger partial charge in [-0.15, -0.1) is 0 Å². The van der Waals surface area contributed by atoms with E-state index in [9.17, 15) is 4.79 Å². The van der Waals surface area contributed by atoms with E-state index in [4.69, 9.17) is 0 Å². The van der Waals surface area contributed by atoms with Crippen LogP contribution in [0.2, 0.25) is 0 Å². The van der Waals surface area contributed by atoms with Crippen LogP contribution in [0.25, 0.3) is 0 Å². The summed E-state index contributed by atoms with van der Waals surface area (Å²) in [7, 11) is 1.45. The number of rotatable bonds is 5. The molecule has 0 aromatic heterocycles. The molecule has 1 aliphatic heterocycles. The quantitative estimate of drug-likeness (QED) is 0.703. The van der Waals surface area contributed by atoms with Crippen LogP contribution in [-0.2, 0) is 9.53 Å². The third kappa shape index (κ3) is 3.76. The number of likely N-dealkylation sites (tertiary alicyclic amines) is 1. The molecular formula is C12H22N2O2. The molecule has 2 fully saturated rings. The van der Waals surface area contributed by atoms with Crippen LogP contribution < -0.4 is 5.32 Å². The Hall–Kier alpha value is -0.610. The Morgan fingerprint density at radius 1 is 1.25 bits per heavy atom. The molecule has 0 aromatic carbocycles. The number of carbonyl (C=O) groups is 1. The van der Waals surface area contributed by atoms with Crippen LogP contribution in [0, 0.1) is 0 Å². The maximum atomic E-state index is 11.0. The molecule has 0 amide bonds. The van der Waals surface area contributed by atoms with Gasteiger partial charge in [0.15, 0.2) is 0 Å². The molecule has 1 N–H and O–H groups in total. The molecule has 4 nitrogen and oxygen atoms in total. The second-order valence-electron chi connectivity index (χ2n) is 4.88. The first-order valence-corrected chi connectivity index (χ1v) is 6.33. The lowest BCUT2D eigenvalue weighted by Gasteiger charge is -2.32. The van der Waals surface area contributed by atoms with E-state index in [-0.39, 0.29) is 5.97 Å². The Morgan fingerprint density at radius 3 is 2.44 bits per heavy atom. The molecule has 0 atom stereocenters. The summed E-state index contributed by atoms with van der Waals surface area (Å²) >= 11 is 0. The van der Waals surface area contributed by atoms with Gasteiger partial charge in [0.25, 0.3) is 0 Å². The summed E-state index contributed by atoms with van der Waals surface area (Å²) in [5, 5.41) is 3.67. The van der Waals surface area contributed by atoms with Gasteiger partial charge in [-0.2, -0.15) is 0 Å². The topological polar surface area (TPSA) is 41.6 Å². The van der Waals surface area contributed by atoms with Crippen LogP contribution in [0.4, 0.5) is 0 Å². The van der Waals surface area contributed by atoms with Gasteiger partial charge in [0, 0.05) is 18.6 Å². The summed E-state index contributed by atoms with van der Waals surface area (Å²) in [5.41, 5.74) is 0. The van der Waals surface area contributed by atoms with Crippen molar-refractivity contribution in [3.8, 4) is 0 Å². The van der Waals surface area contributed by atoms with Gasteiger partial charge in [-0.25, -0.2) is 0 Å². The first-order valence-electron chi connectivity index (χ1n) is 6.33. The molecule has 1 saturated carbocycles. The number of esters is 1. The van der Waals surface area contributed by atoms with E-state index in [0.717, 1.165) is 25.7 Å². The van der Waals surface area contributed by atoms with E-state index >= 15 is 0 Å². The summed E-state index contributed by atoms with van der Waals surface area (Å²) in [5.74, 6) is -0.0989. The molecule has 1 heterocycles. The Balaban J connectivity index is 1.58. The summed E-state index contributed by atoms with van der Waals surface area (Å²) < 4.78 is 4.65. The van der Waals surface area contributed by atoms with Crippen LogP contribution in [0.5, 0.6) is 0 Å². The van der Waals surface area contributed by atoms with E-state index in [2.05, 4.69) is 15.0 Å². The van der Waals surface area contributed by atoms with Crippen molar-refractivity contribution in [3.63, 3.8) is 0 Å². The summed E-state index contributed by atoms with van der Waals surface area (Å²) in [4.78, 5) is 13.4. The molecule has 92 valence electrons. The largest absolute Gasteiger partial charge is 0.469 e. The zero-order valence-electron chi connectivity index (χ0n) is 10.1. The molecule has 0 bridgehead atoms. The highest BCUT2D eigenvalue weighted by Gasteiger charge is 2.26. The minimum atomic E-state index is -0.0989. The van der Waals surface area contributed by atoms with Gasteiger partial charge in [0.05, 0.1) is 13.5 Å². The van der Waals surface area contributed by atoms with E-state index < -0.39 is 0 Å². The summed E-state index contributed by atoms with van der Waals surface area (Å²) in [6.07, 6.45) is 5.69. The lowest BCUT2D eigenvalue weighted by Crippen LogP contribution is -2.43. The van der Waals surface area contributed by atoms with Crippen molar-refractivity contribution in [1.82, 2.24) is 10.2 Å². The van der Waals surface area contributed by atoms with Crippen molar-refractivity contribution < 1.29 is 9.53 Å². The highest BCUT2D eigenvalue weighted by molar-refractivity contribution is 5.69. The van der Waals surface area contributed by atoms with E-state index in [1.54, 1.807) is 0 Å². The van der Waals surface area contributed by atoms with Crippen LogP contribution >= 0.6 is 0 Å². The number of hydrogen-bond acceptors (Lipinski definition) is 4. The minimum Gasteiger partial charge on any atom is -0.469 e. The maximum Gasteiger partial charge on any atom is 0.306 e. The zero-order valence-corrected chi connectivity index (χ0v) is 10.1. The number of carbonyl (C=O) groups excluding carboxylic acids is 1. The standard InChI is InChI=1S/C12H22N2O2/c1-16-12(15)6-9-14-7-4-11(5-8-14)13-10-2-3-10/h10-11,13H,2-9H2,1H3. The van der Waals surface area contributed by atoms with Crippen molar-refractivity contribution in [1.29, 1.82) is 0 Å². The molecule has 0 unspecified atom stereocenters. The van der Waals surface area contributed by atoms with E-state index in [1.807, 2.05) is 0 Å². The van der Waals surface area contributed by atoms with Gasteiger partial charge < -0.3 is 15.0 Å². The average Bonchev–Trinajstić information content (AvgIpc) is 3.11. The van der Waals surface area contributed by atoms with Crippen LogP contribution in [0.3, 0.4) is 0 Å². The van der Waals surface area contributed by atoms with Crippen LogP contribution in [0.1, 0.15) is 32.1 Å². The van der Waals surface area contributed by atoms with Gasteiger partial charge in [0.2, 0.25) is 0 Å². The predicted octanol–water partition coefficient (Wildman–Crippen LogP) is 0.766.